The molecular formula is C22H25Cl2N3O6. The molecule has 1 atom stereocenters. The molecule has 0 saturated heterocycles. The molecule has 2 rings (SSSR count). The van der Waals surface area contributed by atoms with E-state index in [9.17, 15) is 9.59 Å². The predicted octanol–water partition coefficient (Wildman–Crippen LogP) is 5.49. The summed E-state index contributed by atoms with van der Waals surface area (Å²) in [6, 6.07) is 4.73. The van der Waals surface area contributed by atoms with Crippen LogP contribution in [0, 0.1) is 0 Å². The highest BCUT2D eigenvalue weighted by Crippen LogP contribution is 2.43. The molecule has 0 aliphatic carbocycles. The number of amides is 1. The zero-order valence-electron chi connectivity index (χ0n) is 18.9. The minimum atomic E-state index is -1.47. The number of hydrogen-bond donors (Lipinski definition) is 1. The van der Waals surface area contributed by atoms with Crippen molar-refractivity contribution in [2.75, 3.05) is 32.8 Å². The molecule has 0 spiro atoms. The SMILES string of the molecule is CCOc1ccc(Cl)c(N=NC(C(C)=O)C(=O)Nc2cc(Cl)cc(OC)c2OC)c1OCC. The van der Waals surface area contributed by atoms with Gasteiger partial charge in [-0.25, -0.2) is 0 Å². The molecule has 0 fully saturated rings. The zero-order chi connectivity index (χ0) is 24.5. The Balaban J connectivity index is 2.42. The normalized spacial score (nSPS) is 11.7. The van der Waals surface area contributed by atoms with Crippen LogP contribution in [0.4, 0.5) is 11.4 Å². The summed E-state index contributed by atoms with van der Waals surface area (Å²) in [6.45, 7) is 5.54. The van der Waals surface area contributed by atoms with E-state index in [2.05, 4.69) is 15.5 Å². The maximum absolute atomic E-state index is 12.9. The first-order valence-corrected chi connectivity index (χ1v) is 10.7. The third kappa shape index (κ3) is 6.49. The van der Waals surface area contributed by atoms with Gasteiger partial charge in [-0.05, 0) is 39.0 Å². The minimum absolute atomic E-state index is 0.144. The number of methoxy groups -OCH3 is 2. The quantitative estimate of drug-likeness (QED) is 0.324. The fourth-order valence-electron chi connectivity index (χ4n) is 2.83. The maximum atomic E-state index is 12.9. The standard InChI is InChI=1S/C22H25Cl2N3O6/c1-6-32-16-9-8-14(24)19(21(16)33-7-2)27-26-18(12(3)28)22(29)25-15-10-13(23)11-17(30-4)20(15)31-5/h8-11,18H,6-7H2,1-5H3,(H,25,29). The lowest BCUT2D eigenvalue weighted by molar-refractivity contribution is -0.126. The number of carbonyl (C=O) groups is 2. The number of nitrogens with one attached hydrogen (secondary N) is 1. The molecule has 0 aromatic heterocycles. The van der Waals surface area contributed by atoms with E-state index in [1.165, 1.54) is 33.3 Å². The van der Waals surface area contributed by atoms with Crippen LogP contribution in [0.5, 0.6) is 23.0 Å². The van der Waals surface area contributed by atoms with Crippen LogP contribution in [0.15, 0.2) is 34.5 Å². The monoisotopic (exact) mass is 497 g/mol. The van der Waals surface area contributed by atoms with Gasteiger partial charge in [-0.1, -0.05) is 23.2 Å². The summed E-state index contributed by atoms with van der Waals surface area (Å²) in [5, 5.41) is 11.1. The molecular weight excluding hydrogens is 473 g/mol. The van der Waals surface area contributed by atoms with Crippen molar-refractivity contribution < 1.29 is 28.5 Å². The van der Waals surface area contributed by atoms with E-state index in [0.717, 1.165) is 0 Å². The number of nitrogens with zero attached hydrogens (tertiary/aromatic N) is 2. The molecule has 0 bridgehead atoms. The van der Waals surface area contributed by atoms with E-state index in [1.807, 2.05) is 6.92 Å². The number of rotatable bonds is 11. The van der Waals surface area contributed by atoms with Crippen LogP contribution in [-0.4, -0.2) is 45.2 Å². The van der Waals surface area contributed by atoms with Crippen molar-refractivity contribution in [3.05, 3.63) is 34.3 Å². The third-order valence-corrected chi connectivity index (χ3v) is 4.77. The van der Waals surface area contributed by atoms with E-state index in [-0.39, 0.29) is 27.9 Å². The van der Waals surface area contributed by atoms with Gasteiger partial charge in [-0.3, -0.25) is 9.59 Å². The number of halogens is 2. The maximum Gasteiger partial charge on any atom is 0.258 e. The molecule has 0 radical (unpaired) electrons. The highest BCUT2D eigenvalue weighted by molar-refractivity contribution is 6.33. The van der Waals surface area contributed by atoms with Gasteiger partial charge in [0, 0.05) is 11.1 Å². The molecule has 0 aliphatic heterocycles. The smallest absolute Gasteiger partial charge is 0.258 e. The molecule has 9 nitrogen and oxygen atoms in total. The largest absolute Gasteiger partial charge is 0.493 e. The number of azo groups is 1. The lowest BCUT2D eigenvalue weighted by Gasteiger charge is -2.16. The Kier molecular flexibility index (Phi) is 9.74. The van der Waals surface area contributed by atoms with Gasteiger partial charge in [0.2, 0.25) is 6.04 Å². The average molecular weight is 498 g/mol. The van der Waals surface area contributed by atoms with Gasteiger partial charge in [-0.2, -0.15) is 5.11 Å². The number of hydrogen-bond acceptors (Lipinski definition) is 8. The molecule has 178 valence electrons. The van der Waals surface area contributed by atoms with E-state index in [4.69, 9.17) is 42.1 Å². The van der Waals surface area contributed by atoms with Crippen molar-refractivity contribution in [2.45, 2.75) is 26.8 Å². The van der Waals surface area contributed by atoms with Gasteiger partial charge in [0.25, 0.3) is 5.91 Å². The van der Waals surface area contributed by atoms with Gasteiger partial charge >= 0.3 is 0 Å². The summed E-state index contributed by atoms with van der Waals surface area (Å²) in [7, 11) is 2.84. The number of anilines is 1. The first-order chi connectivity index (χ1) is 15.8. The summed E-state index contributed by atoms with van der Waals surface area (Å²) in [6.07, 6.45) is 0. The van der Waals surface area contributed by atoms with Crippen molar-refractivity contribution in [3.63, 3.8) is 0 Å². The number of Topliss-reactive ketones (excluding diaryl/α,β-unsaturated/α-hetero) is 1. The molecule has 0 saturated carbocycles. The molecule has 33 heavy (non-hydrogen) atoms. The minimum Gasteiger partial charge on any atom is -0.493 e. The van der Waals surface area contributed by atoms with Crippen LogP contribution in [0.25, 0.3) is 0 Å². The van der Waals surface area contributed by atoms with Gasteiger partial charge in [0.15, 0.2) is 28.8 Å². The van der Waals surface area contributed by atoms with Crippen LogP contribution >= 0.6 is 23.2 Å². The van der Waals surface area contributed by atoms with Crippen LogP contribution in [0.3, 0.4) is 0 Å². The molecule has 2 aromatic carbocycles. The second-order valence-corrected chi connectivity index (χ2v) is 7.34. The van der Waals surface area contributed by atoms with E-state index in [0.29, 0.717) is 29.7 Å². The molecule has 2 aromatic rings. The summed E-state index contributed by atoms with van der Waals surface area (Å²) >= 11 is 12.4. The van der Waals surface area contributed by atoms with Crippen LogP contribution < -0.4 is 24.3 Å². The van der Waals surface area contributed by atoms with E-state index >= 15 is 0 Å². The Labute approximate surface area is 202 Å². The Morgan fingerprint density at radius 2 is 1.70 bits per heavy atom. The summed E-state index contributed by atoms with van der Waals surface area (Å²) in [4.78, 5) is 25.1. The van der Waals surface area contributed by atoms with Crippen molar-refractivity contribution in [3.8, 4) is 23.0 Å². The second kappa shape index (κ2) is 12.3. The fourth-order valence-corrected chi connectivity index (χ4v) is 3.23. The molecule has 0 aliphatic rings. The van der Waals surface area contributed by atoms with Crippen molar-refractivity contribution in [1.82, 2.24) is 0 Å². The number of ketones is 1. The second-order valence-electron chi connectivity index (χ2n) is 6.50. The molecule has 11 heteroatoms. The highest BCUT2D eigenvalue weighted by atomic mass is 35.5. The Morgan fingerprint density at radius 1 is 1.00 bits per heavy atom. The highest BCUT2D eigenvalue weighted by Gasteiger charge is 2.26. The summed E-state index contributed by atoms with van der Waals surface area (Å²) < 4.78 is 21.7. The van der Waals surface area contributed by atoms with Gasteiger partial charge in [-0.15, -0.1) is 5.11 Å². The average Bonchev–Trinajstić information content (AvgIpc) is 2.76. The summed E-state index contributed by atoms with van der Waals surface area (Å²) in [5.74, 6) is -0.0669. The number of carbonyl (C=O) groups excluding carboxylic acids is 2. The van der Waals surface area contributed by atoms with Crippen molar-refractivity contribution in [1.29, 1.82) is 0 Å². The molecule has 1 unspecified atom stereocenters. The Morgan fingerprint density at radius 3 is 2.27 bits per heavy atom. The lowest BCUT2D eigenvalue weighted by Crippen LogP contribution is -2.32. The fraction of sp³-hybridized carbons (Fsp3) is 0.364. The van der Waals surface area contributed by atoms with Crippen molar-refractivity contribution in [2.24, 2.45) is 10.2 Å². The lowest BCUT2D eigenvalue weighted by atomic mass is 10.2. The van der Waals surface area contributed by atoms with E-state index in [1.54, 1.807) is 19.1 Å². The Bertz CT molecular complexity index is 1050. The van der Waals surface area contributed by atoms with Crippen LogP contribution in [0.2, 0.25) is 10.0 Å². The van der Waals surface area contributed by atoms with Crippen LogP contribution in [-0.2, 0) is 9.59 Å². The van der Waals surface area contributed by atoms with Crippen molar-refractivity contribution >= 4 is 46.3 Å². The predicted molar refractivity (Wildman–Crippen MR) is 126 cm³/mol. The van der Waals surface area contributed by atoms with Gasteiger partial charge < -0.3 is 24.3 Å². The Hall–Kier alpha value is -3.04. The molecule has 1 amide bonds. The van der Waals surface area contributed by atoms with Gasteiger partial charge in [0.05, 0.1) is 38.1 Å². The first-order valence-electron chi connectivity index (χ1n) is 9.99. The van der Waals surface area contributed by atoms with E-state index < -0.39 is 17.7 Å². The third-order valence-electron chi connectivity index (χ3n) is 4.24. The summed E-state index contributed by atoms with van der Waals surface area (Å²) in [5.41, 5.74) is 0.352. The molecule has 1 N–H and O–H groups in total. The first kappa shape index (κ1) is 26.2. The van der Waals surface area contributed by atoms with Crippen LogP contribution in [0.1, 0.15) is 20.8 Å². The number of ether oxygens (including phenoxy) is 4. The zero-order valence-corrected chi connectivity index (χ0v) is 20.4. The molecule has 0 heterocycles. The number of benzene rings is 2. The topological polar surface area (TPSA) is 108 Å². The van der Waals surface area contributed by atoms with Gasteiger partial charge in [0.1, 0.15) is 5.69 Å².